The van der Waals surface area contributed by atoms with Gasteiger partial charge in [0.15, 0.2) is 0 Å². The minimum Gasteiger partial charge on any atom is -0.366 e. The first-order chi connectivity index (χ1) is 11.1. The van der Waals surface area contributed by atoms with Crippen LogP contribution in [0, 0.1) is 11.3 Å². The Labute approximate surface area is 141 Å². The van der Waals surface area contributed by atoms with Crippen molar-refractivity contribution in [3.63, 3.8) is 0 Å². The standard InChI is InChI=1S/C15H15BrN6O/c1-20-15(23)13(16)12(10-19-20)21-5-7-22(8-6-21)14-11(9-17)3-2-4-18-14/h2-4,10H,5-8H2,1H3. The van der Waals surface area contributed by atoms with Crippen molar-refractivity contribution < 1.29 is 0 Å². The minimum absolute atomic E-state index is 0.151. The van der Waals surface area contributed by atoms with E-state index >= 15 is 0 Å². The topological polar surface area (TPSA) is 78.1 Å². The number of rotatable bonds is 2. The fourth-order valence-corrected chi connectivity index (χ4v) is 3.23. The van der Waals surface area contributed by atoms with E-state index in [9.17, 15) is 10.1 Å². The Morgan fingerprint density at radius 2 is 1.96 bits per heavy atom. The molecule has 0 N–H and O–H groups in total. The highest BCUT2D eigenvalue weighted by molar-refractivity contribution is 9.10. The maximum Gasteiger partial charge on any atom is 0.282 e. The highest BCUT2D eigenvalue weighted by atomic mass is 79.9. The molecule has 23 heavy (non-hydrogen) atoms. The van der Waals surface area contributed by atoms with E-state index in [0.29, 0.717) is 10.0 Å². The molecular weight excluding hydrogens is 360 g/mol. The molecular formula is C15H15BrN6O. The number of aromatic nitrogens is 3. The van der Waals surface area contributed by atoms with Crippen LogP contribution in [0.2, 0.25) is 0 Å². The molecule has 0 aromatic carbocycles. The number of piperazine rings is 1. The van der Waals surface area contributed by atoms with Gasteiger partial charge in [0.2, 0.25) is 0 Å². The largest absolute Gasteiger partial charge is 0.366 e. The highest BCUT2D eigenvalue weighted by Gasteiger charge is 2.22. The zero-order valence-corrected chi connectivity index (χ0v) is 14.2. The van der Waals surface area contributed by atoms with Crippen LogP contribution in [0.15, 0.2) is 33.8 Å². The van der Waals surface area contributed by atoms with Crippen molar-refractivity contribution in [3.05, 3.63) is 44.9 Å². The molecule has 2 aromatic heterocycles. The van der Waals surface area contributed by atoms with Gasteiger partial charge in [0, 0.05) is 39.4 Å². The summed E-state index contributed by atoms with van der Waals surface area (Å²) in [5, 5.41) is 13.3. The molecule has 3 heterocycles. The van der Waals surface area contributed by atoms with Gasteiger partial charge in [-0.3, -0.25) is 4.79 Å². The lowest BCUT2D eigenvalue weighted by molar-refractivity contribution is 0.635. The van der Waals surface area contributed by atoms with E-state index in [1.165, 1.54) is 4.68 Å². The molecule has 0 aliphatic carbocycles. The van der Waals surface area contributed by atoms with Crippen molar-refractivity contribution in [1.82, 2.24) is 14.8 Å². The quantitative estimate of drug-likeness (QED) is 0.784. The molecule has 0 bridgehead atoms. The van der Waals surface area contributed by atoms with Crippen molar-refractivity contribution in [3.8, 4) is 6.07 Å². The Hall–Kier alpha value is -2.40. The maximum absolute atomic E-state index is 12.0. The molecule has 2 aromatic rings. The highest BCUT2D eigenvalue weighted by Crippen LogP contribution is 2.24. The summed E-state index contributed by atoms with van der Waals surface area (Å²) in [6.45, 7) is 2.92. The lowest BCUT2D eigenvalue weighted by Gasteiger charge is -2.37. The van der Waals surface area contributed by atoms with Crippen LogP contribution in [0.4, 0.5) is 11.5 Å². The van der Waals surface area contributed by atoms with Gasteiger partial charge in [-0.15, -0.1) is 0 Å². The number of pyridine rings is 1. The van der Waals surface area contributed by atoms with Gasteiger partial charge in [0.05, 0.1) is 17.4 Å². The first-order valence-electron chi connectivity index (χ1n) is 7.18. The molecule has 0 spiro atoms. The van der Waals surface area contributed by atoms with E-state index < -0.39 is 0 Å². The number of hydrogen-bond donors (Lipinski definition) is 0. The molecule has 118 valence electrons. The van der Waals surface area contributed by atoms with Crippen molar-refractivity contribution in [1.29, 1.82) is 5.26 Å². The zero-order chi connectivity index (χ0) is 16.4. The van der Waals surface area contributed by atoms with Gasteiger partial charge >= 0.3 is 0 Å². The first-order valence-corrected chi connectivity index (χ1v) is 7.98. The summed E-state index contributed by atoms with van der Waals surface area (Å²) in [7, 11) is 1.62. The number of nitriles is 1. The molecule has 7 nitrogen and oxygen atoms in total. The number of hydrogen-bond acceptors (Lipinski definition) is 6. The summed E-state index contributed by atoms with van der Waals surface area (Å²) >= 11 is 3.37. The molecule has 1 fully saturated rings. The van der Waals surface area contributed by atoms with Crippen molar-refractivity contribution >= 4 is 27.4 Å². The van der Waals surface area contributed by atoms with Crippen LogP contribution in [0.1, 0.15) is 5.56 Å². The van der Waals surface area contributed by atoms with E-state index in [-0.39, 0.29) is 5.56 Å². The second-order valence-corrected chi connectivity index (χ2v) is 6.03. The SMILES string of the molecule is Cn1ncc(N2CCN(c3ncccc3C#N)CC2)c(Br)c1=O. The molecule has 0 saturated carbocycles. The second-order valence-electron chi connectivity index (χ2n) is 5.23. The van der Waals surface area contributed by atoms with Crippen LogP contribution in [-0.2, 0) is 7.05 Å². The Kier molecular flexibility index (Phi) is 4.30. The van der Waals surface area contributed by atoms with Crippen LogP contribution >= 0.6 is 15.9 Å². The summed E-state index contributed by atoms with van der Waals surface area (Å²) in [6.07, 6.45) is 3.40. The third-order valence-corrected chi connectivity index (χ3v) is 4.63. The molecule has 3 rings (SSSR count). The number of anilines is 2. The Balaban J connectivity index is 1.78. The molecule has 1 aliphatic heterocycles. The Bertz CT molecular complexity index is 819. The molecule has 8 heteroatoms. The summed E-state index contributed by atoms with van der Waals surface area (Å²) in [5.74, 6) is 0.718. The van der Waals surface area contributed by atoms with Crippen molar-refractivity contribution in [2.24, 2.45) is 7.05 Å². The van der Waals surface area contributed by atoms with E-state index in [1.807, 2.05) is 0 Å². The smallest absolute Gasteiger partial charge is 0.282 e. The van der Waals surface area contributed by atoms with Crippen molar-refractivity contribution in [2.75, 3.05) is 36.0 Å². The first kappa shape index (κ1) is 15.5. The zero-order valence-electron chi connectivity index (χ0n) is 12.6. The lowest BCUT2D eigenvalue weighted by atomic mass is 10.2. The fraction of sp³-hybridized carbons (Fsp3) is 0.333. The normalized spacial score (nSPS) is 14.7. The van der Waals surface area contributed by atoms with E-state index in [2.05, 4.69) is 41.9 Å². The third kappa shape index (κ3) is 2.92. The maximum atomic E-state index is 12.0. The molecule has 0 amide bonds. The minimum atomic E-state index is -0.151. The van der Waals surface area contributed by atoms with Gasteiger partial charge in [-0.05, 0) is 28.1 Å². The summed E-state index contributed by atoms with van der Waals surface area (Å²) in [6, 6.07) is 5.72. The predicted octanol–water partition coefficient (Wildman–Crippen LogP) is 1.14. The van der Waals surface area contributed by atoms with Gasteiger partial charge in [0.1, 0.15) is 16.4 Å². The molecule has 0 unspecified atom stereocenters. The number of aryl methyl sites for hydroxylation is 1. The van der Waals surface area contributed by atoms with E-state index in [4.69, 9.17) is 0 Å². The molecule has 1 aliphatic rings. The van der Waals surface area contributed by atoms with Crippen LogP contribution in [0.3, 0.4) is 0 Å². The molecule has 0 radical (unpaired) electrons. The number of nitrogens with zero attached hydrogens (tertiary/aromatic N) is 6. The van der Waals surface area contributed by atoms with Gasteiger partial charge in [-0.1, -0.05) is 0 Å². The van der Waals surface area contributed by atoms with Gasteiger partial charge < -0.3 is 9.80 Å². The van der Waals surface area contributed by atoms with Gasteiger partial charge in [-0.2, -0.15) is 10.4 Å². The monoisotopic (exact) mass is 374 g/mol. The number of halogens is 1. The third-order valence-electron chi connectivity index (χ3n) is 3.89. The van der Waals surface area contributed by atoms with Gasteiger partial charge in [-0.25, -0.2) is 9.67 Å². The fourth-order valence-electron chi connectivity index (χ4n) is 2.62. The second kappa shape index (κ2) is 6.38. The average Bonchev–Trinajstić information content (AvgIpc) is 2.60. The average molecular weight is 375 g/mol. The predicted molar refractivity (Wildman–Crippen MR) is 90.6 cm³/mol. The lowest BCUT2D eigenvalue weighted by Crippen LogP contribution is -2.47. The van der Waals surface area contributed by atoms with Gasteiger partial charge in [0.25, 0.3) is 5.56 Å². The van der Waals surface area contributed by atoms with Crippen LogP contribution in [0.5, 0.6) is 0 Å². The van der Waals surface area contributed by atoms with Crippen LogP contribution in [0.25, 0.3) is 0 Å². The Morgan fingerprint density at radius 1 is 1.26 bits per heavy atom. The van der Waals surface area contributed by atoms with Crippen LogP contribution in [-0.4, -0.2) is 40.9 Å². The Morgan fingerprint density at radius 3 is 2.65 bits per heavy atom. The summed E-state index contributed by atoms with van der Waals surface area (Å²) in [5.41, 5.74) is 1.23. The molecule has 1 saturated heterocycles. The van der Waals surface area contributed by atoms with Crippen LogP contribution < -0.4 is 15.4 Å². The van der Waals surface area contributed by atoms with E-state index in [1.54, 1.807) is 31.6 Å². The van der Waals surface area contributed by atoms with Crippen molar-refractivity contribution in [2.45, 2.75) is 0 Å². The molecule has 0 atom stereocenters. The summed E-state index contributed by atoms with van der Waals surface area (Å²) < 4.78 is 1.83. The summed E-state index contributed by atoms with van der Waals surface area (Å²) in [4.78, 5) is 20.5. The van der Waals surface area contributed by atoms with E-state index in [0.717, 1.165) is 37.7 Å².